The van der Waals surface area contributed by atoms with E-state index in [1.165, 1.54) is 11.9 Å². The van der Waals surface area contributed by atoms with Gasteiger partial charge in [0, 0.05) is 6.54 Å². The van der Waals surface area contributed by atoms with Crippen molar-refractivity contribution >= 4 is 26.8 Å². The second-order valence-corrected chi connectivity index (χ2v) is 8.27. The Hall–Kier alpha value is -2.48. The third-order valence-electron chi connectivity index (χ3n) is 4.05. The van der Waals surface area contributed by atoms with Crippen molar-refractivity contribution in [2.75, 3.05) is 17.2 Å². The summed E-state index contributed by atoms with van der Waals surface area (Å²) in [7, 11) is -3.06. The molecular weight excluding hydrogens is 338 g/mol. The zero-order chi connectivity index (χ0) is 17.7. The van der Waals surface area contributed by atoms with Gasteiger partial charge in [-0.05, 0) is 24.8 Å². The number of imidazole rings is 1. The summed E-state index contributed by atoms with van der Waals surface area (Å²) in [6.07, 6.45) is 4.95. The summed E-state index contributed by atoms with van der Waals surface area (Å²) in [5.74, 6) is 0.696. The van der Waals surface area contributed by atoms with E-state index in [1.54, 1.807) is 6.33 Å². The molecule has 0 bridgehead atoms. The normalized spacial score (nSPS) is 11.8. The van der Waals surface area contributed by atoms with Crippen LogP contribution in [0.1, 0.15) is 18.4 Å². The van der Waals surface area contributed by atoms with Gasteiger partial charge in [-0.2, -0.15) is 0 Å². The molecule has 7 nitrogen and oxygen atoms in total. The molecular formula is C17H21N5O2S. The lowest BCUT2D eigenvalue weighted by atomic mass is 10.1. The van der Waals surface area contributed by atoms with E-state index >= 15 is 0 Å². The number of rotatable bonds is 8. The number of anilines is 1. The Bertz CT molecular complexity index is 938. The lowest BCUT2D eigenvalue weighted by molar-refractivity contribution is 0.584. The molecule has 0 aliphatic rings. The Morgan fingerprint density at radius 2 is 1.76 bits per heavy atom. The van der Waals surface area contributed by atoms with Gasteiger partial charge in [-0.1, -0.05) is 30.3 Å². The predicted octanol–water partition coefficient (Wildman–Crippen LogP) is 1.85. The van der Waals surface area contributed by atoms with Gasteiger partial charge >= 0.3 is 0 Å². The number of nitrogens with two attached hydrogens (primary N) is 1. The molecule has 0 saturated carbocycles. The maximum absolute atomic E-state index is 12.2. The van der Waals surface area contributed by atoms with Crippen LogP contribution in [0.5, 0.6) is 0 Å². The van der Waals surface area contributed by atoms with Gasteiger partial charge < -0.3 is 10.3 Å². The molecule has 0 aliphatic carbocycles. The first-order valence-electron chi connectivity index (χ1n) is 8.21. The van der Waals surface area contributed by atoms with Gasteiger partial charge in [0.2, 0.25) is 0 Å². The van der Waals surface area contributed by atoms with E-state index in [2.05, 4.69) is 15.0 Å². The molecule has 0 amide bonds. The fourth-order valence-electron chi connectivity index (χ4n) is 2.76. The molecule has 8 heteroatoms. The Balaban J connectivity index is 1.49. The van der Waals surface area contributed by atoms with Crippen molar-refractivity contribution in [3.05, 3.63) is 48.5 Å². The van der Waals surface area contributed by atoms with Crippen LogP contribution < -0.4 is 5.73 Å². The number of aromatic nitrogens is 4. The molecule has 0 unspecified atom stereocenters. The average molecular weight is 359 g/mol. The molecule has 3 rings (SSSR count). The first-order valence-corrected chi connectivity index (χ1v) is 10.0. The van der Waals surface area contributed by atoms with Gasteiger partial charge in [0.25, 0.3) is 0 Å². The monoisotopic (exact) mass is 359 g/mol. The third kappa shape index (κ3) is 4.54. The quantitative estimate of drug-likeness (QED) is 0.658. The summed E-state index contributed by atoms with van der Waals surface area (Å²) in [4.78, 5) is 12.2. The highest BCUT2D eigenvalue weighted by Gasteiger charge is 2.12. The van der Waals surface area contributed by atoms with Crippen LogP contribution in [0.4, 0.5) is 5.82 Å². The molecule has 25 heavy (non-hydrogen) atoms. The zero-order valence-corrected chi connectivity index (χ0v) is 14.7. The Kier molecular flexibility index (Phi) is 5.28. The molecule has 132 valence electrons. The van der Waals surface area contributed by atoms with Crippen molar-refractivity contribution < 1.29 is 8.42 Å². The molecule has 1 aromatic carbocycles. The molecule has 0 atom stereocenters. The number of hydrogen-bond donors (Lipinski definition) is 1. The Morgan fingerprint density at radius 3 is 2.56 bits per heavy atom. The first kappa shape index (κ1) is 17.3. The minimum Gasteiger partial charge on any atom is -0.382 e. The van der Waals surface area contributed by atoms with Gasteiger partial charge in [-0.15, -0.1) is 0 Å². The van der Waals surface area contributed by atoms with Crippen molar-refractivity contribution in [1.29, 1.82) is 0 Å². The number of nitrogens with zero attached hydrogens (tertiary/aromatic N) is 4. The molecule has 0 radical (unpaired) electrons. The number of sulfone groups is 1. The molecule has 0 fully saturated rings. The van der Waals surface area contributed by atoms with Crippen molar-refractivity contribution in [1.82, 2.24) is 19.5 Å². The first-order chi connectivity index (χ1) is 12.1. The largest absolute Gasteiger partial charge is 0.382 e. The van der Waals surface area contributed by atoms with E-state index < -0.39 is 9.84 Å². The topological polar surface area (TPSA) is 104 Å². The zero-order valence-electron chi connectivity index (χ0n) is 13.9. The van der Waals surface area contributed by atoms with Crippen LogP contribution >= 0.6 is 0 Å². The van der Waals surface area contributed by atoms with E-state index in [1.807, 2.05) is 34.9 Å². The summed E-state index contributed by atoms with van der Waals surface area (Å²) in [6, 6.07) is 9.93. The number of nitrogen functional groups attached to an aromatic ring is 1. The number of fused-ring (bicyclic) bond motifs is 1. The second kappa shape index (κ2) is 7.60. The minimum atomic E-state index is -3.06. The number of benzene rings is 1. The average Bonchev–Trinajstić information content (AvgIpc) is 3.00. The second-order valence-electron chi connectivity index (χ2n) is 5.96. The molecule has 0 spiro atoms. The number of hydrogen-bond acceptors (Lipinski definition) is 6. The highest BCUT2D eigenvalue weighted by atomic mass is 32.2. The molecule has 2 aromatic heterocycles. The smallest absolute Gasteiger partial charge is 0.165 e. The summed E-state index contributed by atoms with van der Waals surface area (Å²) in [5.41, 5.74) is 8.10. The molecule has 0 aliphatic heterocycles. The van der Waals surface area contributed by atoms with Gasteiger partial charge in [0.1, 0.15) is 21.7 Å². The number of aryl methyl sites for hydroxylation is 2. The summed E-state index contributed by atoms with van der Waals surface area (Å²) < 4.78 is 26.2. The van der Waals surface area contributed by atoms with Crippen LogP contribution in [0.25, 0.3) is 11.2 Å². The maximum atomic E-state index is 12.2. The highest BCUT2D eigenvalue weighted by Crippen LogP contribution is 2.14. The minimum absolute atomic E-state index is 0.155. The lowest BCUT2D eigenvalue weighted by Crippen LogP contribution is -2.14. The standard InChI is InChI=1S/C17H21N5O2S/c18-16-15-17(20-12-19-16)22(13-21-15)9-5-11-25(23,24)10-4-8-14-6-2-1-3-7-14/h1-3,6-7,12-13H,4-5,8-11H2,(H2,18,19,20). The van der Waals surface area contributed by atoms with Crippen molar-refractivity contribution in [3.8, 4) is 0 Å². The van der Waals surface area contributed by atoms with E-state index in [-0.39, 0.29) is 11.5 Å². The van der Waals surface area contributed by atoms with Crippen LogP contribution in [0.15, 0.2) is 43.0 Å². The van der Waals surface area contributed by atoms with Crippen molar-refractivity contribution in [2.45, 2.75) is 25.8 Å². The van der Waals surface area contributed by atoms with Crippen LogP contribution in [0.3, 0.4) is 0 Å². The molecule has 3 aromatic rings. The van der Waals surface area contributed by atoms with Crippen LogP contribution in [-0.2, 0) is 22.8 Å². The lowest BCUT2D eigenvalue weighted by Gasteiger charge is -2.06. The van der Waals surface area contributed by atoms with Crippen LogP contribution in [0.2, 0.25) is 0 Å². The van der Waals surface area contributed by atoms with Gasteiger partial charge in [-0.25, -0.2) is 23.4 Å². The SMILES string of the molecule is Nc1ncnc2c1ncn2CCCS(=O)(=O)CCCc1ccccc1. The highest BCUT2D eigenvalue weighted by molar-refractivity contribution is 7.91. The van der Waals surface area contributed by atoms with Crippen LogP contribution in [-0.4, -0.2) is 39.4 Å². The summed E-state index contributed by atoms with van der Waals surface area (Å²) >= 11 is 0. The van der Waals surface area contributed by atoms with Gasteiger partial charge in [-0.3, -0.25) is 0 Å². The summed E-state index contributed by atoms with van der Waals surface area (Å²) in [5, 5.41) is 0. The maximum Gasteiger partial charge on any atom is 0.165 e. The molecule has 2 heterocycles. The molecule has 2 N–H and O–H groups in total. The van der Waals surface area contributed by atoms with Crippen molar-refractivity contribution in [3.63, 3.8) is 0 Å². The fraction of sp³-hybridized carbons (Fsp3) is 0.353. The summed E-state index contributed by atoms with van der Waals surface area (Å²) in [6.45, 7) is 0.533. The van der Waals surface area contributed by atoms with E-state index in [9.17, 15) is 8.42 Å². The predicted molar refractivity (Wildman–Crippen MR) is 97.8 cm³/mol. The van der Waals surface area contributed by atoms with E-state index in [0.29, 0.717) is 36.4 Å². The Labute approximate surface area is 146 Å². The van der Waals surface area contributed by atoms with E-state index in [4.69, 9.17) is 5.73 Å². The van der Waals surface area contributed by atoms with Crippen LogP contribution in [0, 0.1) is 0 Å². The van der Waals surface area contributed by atoms with Gasteiger partial charge in [0.15, 0.2) is 11.5 Å². The Morgan fingerprint density at radius 1 is 1.00 bits per heavy atom. The third-order valence-corrected chi connectivity index (χ3v) is 5.87. The van der Waals surface area contributed by atoms with E-state index in [0.717, 1.165) is 6.42 Å². The molecule has 0 saturated heterocycles. The van der Waals surface area contributed by atoms with Gasteiger partial charge in [0.05, 0.1) is 17.8 Å². The van der Waals surface area contributed by atoms with Crippen molar-refractivity contribution in [2.24, 2.45) is 0 Å². The fourth-order valence-corrected chi connectivity index (χ4v) is 4.12.